The molecular weight excluding hydrogens is 731 g/mol. The molecule has 2 heterocycles. The third-order valence-corrected chi connectivity index (χ3v) is 9.54. The summed E-state index contributed by atoms with van der Waals surface area (Å²) in [5.41, 5.74) is 6.98. The van der Waals surface area contributed by atoms with Gasteiger partial charge in [0.15, 0.2) is 0 Å². The van der Waals surface area contributed by atoms with Crippen molar-refractivity contribution >= 4 is 36.0 Å². The van der Waals surface area contributed by atoms with Gasteiger partial charge < -0.3 is 24.5 Å². The highest BCUT2D eigenvalue weighted by molar-refractivity contribution is 5.96. The van der Waals surface area contributed by atoms with Crippen LogP contribution in [0, 0.1) is 5.41 Å². The monoisotopic (exact) mass is 793 g/mol. The van der Waals surface area contributed by atoms with Crippen molar-refractivity contribution in [2.24, 2.45) is 5.41 Å². The van der Waals surface area contributed by atoms with Gasteiger partial charge in [0.1, 0.15) is 12.6 Å². The topological polar surface area (TPSA) is 131 Å². The fraction of sp³-hybridized carbons (Fsp3) is 0.396. The average molecular weight is 794 g/mol. The van der Waals surface area contributed by atoms with E-state index in [1.165, 1.54) is 11.1 Å². The number of hydrogen-bond acceptors (Lipinski definition) is 9. The molecule has 3 aromatic rings. The largest absolute Gasteiger partial charge is 0.463 e. The molecule has 0 aromatic heterocycles. The summed E-state index contributed by atoms with van der Waals surface area (Å²) >= 11 is 0. The van der Waals surface area contributed by atoms with Crippen LogP contribution < -0.4 is 10.6 Å². The molecule has 0 bridgehead atoms. The van der Waals surface area contributed by atoms with Crippen molar-refractivity contribution in [3.05, 3.63) is 136 Å². The first-order valence-electron chi connectivity index (χ1n) is 19.8. The molecular formula is C48H63N3O7. The molecule has 0 spiro atoms. The number of likely N-dealkylation sites (N-methyl/N-ethyl adjacent to an activating group) is 1. The Kier molecular flexibility index (Phi) is 20.8. The van der Waals surface area contributed by atoms with E-state index < -0.39 is 11.9 Å². The molecule has 0 saturated carbocycles. The summed E-state index contributed by atoms with van der Waals surface area (Å²) in [6.45, 7) is 18.1. The predicted octanol–water partition coefficient (Wildman–Crippen LogP) is 8.35. The van der Waals surface area contributed by atoms with E-state index in [0.29, 0.717) is 36.7 Å². The summed E-state index contributed by atoms with van der Waals surface area (Å²) in [4.78, 5) is 57.9. The zero-order chi connectivity index (χ0) is 43.3. The van der Waals surface area contributed by atoms with Gasteiger partial charge in [-0.2, -0.15) is 0 Å². The number of ether oxygens (including phenoxy) is 2. The Morgan fingerprint density at radius 3 is 1.74 bits per heavy atom. The highest BCUT2D eigenvalue weighted by atomic mass is 16.5. The number of rotatable bonds is 11. The molecule has 5 rings (SSSR count). The maximum absolute atomic E-state index is 12.2. The lowest BCUT2D eigenvalue weighted by atomic mass is 9.92. The Labute approximate surface area is 345 Å². The van der Waals surface area contributed by atoms with Crippen molar-refractivity contribution < 1.29 is 33.4 Å². The van der Waals surface area contributed by atoms with Gasteiger partial charge in [0.05, 0.1) is 36.6 Å². The Balaban J connectivity index is 0.000000274. The summed E-state index contributed by atoms with van der Waals surface area (Å²) in [6, 6.07) is 30.0. The molecule has 2 N–H and O–H groups in total. The molecule has 0 aliphatic carbocycles. The quantitative estimate of drug-likeness (QED) is 0.112. The standard InChI is InChI=1S/C15H22N2O.C13H19NO4.C10H12O.C10H10O/c1-15(2,3)14-16-12(13(18)17(14)4)10-11-8-6-5-7-9-11;1-5-17-12(15)10-7-11(13(16)18-6-2)9(4)14-8(10)3;2*1-9(7-8-11)10-5-3-2-4-6-10/h5-9,12,14,16H,10H2,1-4H3;14H,5-7H2,1-4H3;2-6,8-9H,7H2,1H3;2-8H,1H3/b;;;9-7+/t12-,14-;;9-;/m1.1./s1. The van der Waals surface area contributed by atoms with Crippen molar-refractivity contribution in [1.29, 1.82) is 0 Å². The van der Waals surface area contributed by atoms with Crippen molar-refractivity contribution in [3.8, 4) is 0 Å². The van der Waals surface area contributed by atoms with Crippen LogP contribution in [0.1, 0.15) is 97.8 Å². The summed E-state index contributed by atoms with van der Waals surface area (Å²) in [7, 11) is 1.89. The Hall–Kier alpha value is -5.61. The SMILES string of the molecule is C/C(=C\C=O)c1ccccc1.CCOC(=O)C1=C(C)NC(C)=C(C(=O)OCC)C1.CN1C(=O)[C@@H](Cc2ccccc2)N[C@H]1C(C)(C)C.C[C@H](CC=O)c1ccccc1. The number of amides is 1. The number of allylic oxidation sites excluding steroid dienone is 4. The minimum Gasteiger partial charge on any atom is -0.463 e. The number of nitrogens with one attached hydrogen (secondary N) is 2. The first-order valence-corrected chi connectivity index (χ1v) is 19.8. The van der Waals surface area contributed by atoms with Crippen LogP contribution in [0.15, 0.2) is 120 Å². The van der Waals surface area contributed by atoms with Crippen molar-refractivity contribution in [2.75, 3.05) is 20.3 Å². The molecule has 0 unspecified atom stereocenters. The van der Waals surface area contributed by atoms with E-state index in [0.717, 1.165) is 41.5 Å². The first kappa shape index (κ1) is 48.5. The Morgan fingerprint density at radius 1 is 0.828 bits per heavy atom. The van der Waals surface area contributed by atoms with Gasteiger partial charge in [-0.15, -0.1) is 0 Å². The Morgan fingerprint density at radius 2 is 1.31 bits per heavy atom. The van der Waals surface area contributed by atoms with Gasteiger partial charge in [0, 0.05) is 31.3 Å². The number of aldehydes is 2. The maximum atomic E-state index is 12.2. The molecule has 10 nitrogen and oxygen atoms in total. The highest BCUT2D eigenvalue weighted by Crippen LogP contribution is 2.28. The van der Waals surface area contributed by atoms with E-state index in [4.69, 9.17) is 9.47 Å². The van der Waals surface area contributed by atoms with Gasteiger partial charge in [-0.3, -0.25) is 14.9 Å². The van der Waals surface area contributed by atoms with E-state index in [2.05, 4.69) is 50.5 Å². The maximum Gasteiger partial charge on any atom is 0.336 e. The van der Waals surface area contributed by atoms with E-state index in [9.17, 15) is 24.0 Å². The van der Waals surface area contributed by atoms with Crippen LogP contribution in [0.4, 0.5) is 0 Å². The lowest BCUT2D eigenvalue weighted by Gasteiger charge is -2.32. The molecule has 1 saturated heterocycles. The number of hydrogen-bond donors (Lipinski definition) is 2. The predicted molar refractivity (Wildman–Crippen MR) is 231 cm³/mol. The van der Waals surface area contributed by atoms with Crippen LogP contribution in [0.2, 0.25) is 0 Å². The van der Waals surface area contributed by atoms with Crippen molar-refractivity contribution in [3.63, 3.8) is 0 Å². The smallest absolute Gasteiger partial charge is 0.336 e. The molecule has 312 valence electrons. The van der Waals surface area contributed by atoms with E-state index in [1.54, 1.807) is 33.8 Å². The number of esters is 2. The average Bonchev–Trinajstić information content (AvgIpc) is 3.49. The minimum atomic E-state index is -0.392. The van der Waals surface area contributed by atoms with Crippen LogP contribution in [0.3, 0.4) is 0 Å². The van der Waals surface area contributed by atoms with Gasteiger partial charge in [-0.05, 0) is 80.7 Å². The van der Waals surface area contributed by atoms with Gasteiger partial charge in [-0.1, -0.05) is 119 Å². The van der Waals surface area contributed by atoms with Crippen LogP contribution in [-0.2, 0) is 39.9 Å². The molecule has 10 heteroatoms. The van der Waals surface area contributed by atoms with E-state index in [-0.39, 0.29) is 30.0 Å². The summed E-state index contributed by atoms with van der Waals surface area (Å²) < 4.78 is 9.93. The van der Waals surface area contributed by atoms with E-state index >= 15 is 0 Å². The normalized spacial score (nSPS) is 16.9. The fourth-order valence-corrected chi connectivity index (χ4v) is 6.30. The zero-order valence-electron chi connectivity index (χ0n) is 36.0. The number of dihydropyridines is 1. The number of nitrogens with zero attached hydrogens (tertiary/aromatic N) is 1. The lowest BCUT2D eigenvalue weighted by Crippen LogP contribution is -2.45. The van der Waals surface area contributed by atoms with Crippen LogP contribution in [0.25, 0.3) is 5.57 Å². The summed E-state index contributed by atoms with van der Waals surface area (Å²) in [5.74, 6) is -0.235. The molecule has 58 heavy (non-hydrogen) atoms. The summed E-state index contributed by atoms with van der Waals surface area (Å²) in [5, 5.41) is 6.47. The van der Waals surface area contributed by atoms with Crippen LogP contribution >= 0.6 is 0 Å². The summed E-state index contributed by atoms with van der Waals surface area (Å²) in [6.07, 6.45) is 5.08. The van der Waals surface area contributed by atoms with Crippen molar-refractivity contribution in [1.82, 2.24) is 15.5 Å². The van der Waals surface area contributed by atoms with Gasteiger partial charge in [0.2, 0.25) is 5.91 Å². The van der Waals surface area contributed by atoms with Gasteiger partial charge >= 0.3 is 11.9 Å². The number of benzene rings is 3. The van der Waals surface area contributed by atoms with E-state index in [1.807, 2.05) is 97.7 Å². The highest BCUT2D eigenvalue weighted by Gasteiger charge is 2.42. The molecule has 3 aromatic carbocycles. The molecule has 1 amide bonds. The van der Waals surface area contributed by atoms with Gasteiger partial charge in [0.25, 0.3) is 0 Å². The van der Waals surface area contributed by atoms with Crippen molar-refractivity contribution in [2.45, 2.75) is 99.7 Å². The Bertz CT molecular complexity index is 1830. The minimum absolute atomic E-state index is 0.0514. The third kappa shape index (κ3) is 15.7. The fourth-order valence-electron chi connectivity index (χ4n) is 6.30. The zero-order valence-corrected chi connectivity index (χ0v) is 36.0. The molecule has 0 radical (unpaired) electrons. The van der Waals surface area contributed by atoms with Crippen LogP contribution in [0.5, 0.6) is 0 Å². The number of carbonyl (C=O) groups excluding carboxylic acids is 5. The van der Waals surface area contributed by atoms with Gasteiger partial charge in [-0.25, -0.2) is 9.59 Å². The molecule has 3 atom stereocenters. The second kappa shape index (κ2) is 24.9. The second-order valence-corrected chi connectivity index (χ2v) is 15.1. The first-order chi connectivity index (χ1) is 27.6. The second-order valence-electron chi connectivity index (χ2n) is 15.1. The third-order valence-electron chi connectivity index (χ3n) is 9.54. The van der Waals surface area contributed by atoms with Crippen LogP contribution in [-0.4, -0.2) is 67.8 Å². The molecule has 2 aliphatic rings. The molecule has 1 fully saturated rings. The lowest BCUT2D eigenvalue weighted by molar-refractivity contribution is -0.139. The molecule has 2 aliphatic heterocycles. The number of carbonyl (C=O) groups is 5.